The topological polar surface area (TPSA) is 286 Å². The molecule has 0 aliphatic carbocycles. The van der Waals surface area contributed by atoms with E-state index in [0.29, 0.717) is 59.0 Å². The van der Waals surface area contributed by atoms with Crippen molar-refractivity contribution in [3.05, 3.63) is 137 Å². The number of phenols is 1. The highest BCUT2D eigenvalue weighted by Crippen LogP contribution is 2.36. The Hall–Kier alpha value is -7.78. The number of nitrogens with two attached hydrogens (primary N) is 1. The summed E-state index contributed by atoms with van der Waals surface area (Å²) in [5.74, 6) is -6.43. The van der Waals surface area contributed by atoms with Crippen LogP contribution < -0.4 is 43.0 Å². The number of benzene rings is 4. The number of phenolic OH excluding ortho intramolecular Hbond substituents is 1. The smallest absolute Gasteiger partial charge is 0.416 e. The molecule has 7 atom stereocenters. The van der Waals surface area contributed by atoms with Gasteiger partial charge in [-0.15, -0.1) is 0 Å². The lowest BCUT2D eigenvalue weighted by Gasteiger charge is -2.34. The lowest BCUT2D eigenvalue weighted by Crippen LogP contribution is -2.62. The standard InChI is InChI=1S/C61H74F6N10O9S2/c1-6-7-17-44(73-53(82)45(28-34-14-9-8-10-15-34)72-48(79)33-71-55(84)49(58(2,3)87)75-51(80)42(68)27-35-20-22-40(78)23-21-35)57(86)77-24-13-19-47(77)54(83)76-50(59(4,5)88)56(85)74-46(29-37-32-69-43-18-12-11-16-41(37)43)52(81)70-31-36-25-38(60(62,63)64)30-39(26-36)61(65,66)67/h8-12,14-16,18,20-23,25-26,30,32,42,44-47,49-50,69,78,87-88H,6-7,13,17,19,24,27-29,31,33,68H2,1-5H3,(H,70,81)(H,71,84)(H,72,79)(H,73,82)(H,74,85)(H,75,80)(H,76,83)/t42-,44-,45-,46-,47-,49-,50+/m0/s1. The van der Waals surface area contributed by atoms with Gasteiger partial charge in [-0.1, -0.05) is 80.4 Å². The molecule has 6 rings (SSSR count). The Morgan fingerprint density at radius 2 is 1.23 bits per heavy atom. The van der Waals surface area contributed by atoms with Gasteiger partial charge in [0.05, 0.1) is 23.7 Å². The quantitative estimate of drug-likeness (QED) is 0.0224. The van der Waals surface area contributed by atoms with Gasteiger partial charge in [-0.3, -0.25) is 38.4 Å². The second-order valence-electron chi connectivity index (χ2n) is 22.8. The Labute approximate surface area is 516 Å². The summed E-state index contributed by atoms with van der Waals surface area (Å²) in [5, 5.41) is 28.5. The third kappa shape index (κ3) is 19.6. The molecule has 1 aromatic heterocycles. The van der Waals surface area contributed by atoms with Crippen LogP contribution >= 0.6 is 25.3 Å². The summed E-state index contributed by atoms with van der Waals surface area (Å²) in [6.07, 6.45) is -7.43. The molecule has 8 amide bonds. The fourth-order valence-corrected chi connectivity index (χ4v) is 10.4. The Balaban J connectivity index is 1.16. The number of thiol groups is 2. The second kappa shape index (κ2) is 29.9. The van der Waals surface area contributed by atoms with Crippen molar-refractivity contribution in [2.45, 2.75) is 157 Å². The van der Waals surface area contributed by atoms with Crippen LogP contribution in [0.2, 0.25) is 0 Å². The zero-order valence-electron chi connectivity index (χ0n) is 49.0. The number of hydrogen-bond acceptors (Lipinski definition) is 12. The number of fused-ring (bicyclic) bond motifs is 1. The first-order valence-corrected chi connectivity index (χ1v) is 29.3. The first-order chi connectivity index (χ1) is 41.2. The van der Waals surface area contributed by atoms with Crippen molar-refractivity contribution < 1.29 is 69.8 Å². The van der Waals surface area contributed by atoms with Crippen LogP contribution in [0.15, 0.2) is 103 Å². The number of para-hydroxylation sites is 1. The van der Waals surface area contributed by atoms with Gasteiger partial charge in [0.1, 0.15) is 42.0 Å². The maximum absolute atomic E-state index is 14.7. The molecule has 27 heteroatoms. The van der Waals surface area contributed by atoms with Crippen LogP contribution in [0.1, 0.15) is 100 Å². The zero-order valence-corrected chi connectivity index (χ0v) is 50.8. The molecule has 4 aromatic carbocycles. The lowest BCUT2D eigenvalue weighted by molar-refractivity contribution is -0.143. The van der Waals surface area contributed by atoms with Gasteiger partial charge < -0.3 is 57.9 Å². The van der Waals surface area contributed by atoms with Crippen LogP contribution in [0.5, 0.6) is 5.75 Å². The maximum atomic E-state index is 14.7. The number of alkyl halides is 6. The number of carbonyl (C=O) groups excluding carboxylic acids is 8. The first-order valence-electron chi connectivity index (χ1n) is 28.5. The van der Waals surface area contributed by atoms with Gasteiger partial charge >= 0.3 is 12.4 Å². The minimum Gasteiger partial charge on any atom is -0.508 e. The lowest BCUT2D eigenvalue weighted by atomic mass is 9.99. The number of aromatic amines is 1. The van der Waals surface area contributed by atoms with Crippen molar-refractivity contribution in [2.75, 3.05) is 13.1 Å². The first kappa shape index (κ1) is 69.3. The van der Waals surface area contributed by atoms with Crippen LogP contribution in [0.3, 0.4) is 0 Å². The third-order valence-corrected chi connectivity index (χ3v) is 15.3. The zero-order chi connectivity index (χ0) is 64.9. The molecule has 11 N–H and O–H groups in total. The Kier molecular flexibility index (Phi) is 23.6. The van der Waals surface area contributed by atoms with E-state index in [1.807, 2.05) is 6.92 Å². The predicted octanol–water partition coefficient (Wildman–Crippen LogP) is 5.72. The Bertz CT molecular complexity index is 3250. The summed E-state index contributed by atoms with van der Waals surface area (Å²) >= 11 is 9.15. The molecular weight excluding hydrogens is 1190 g/mol. The number of likely N-dealkylation sites (tertiary alicyclic amines) is 1. The minimum atomic E-state index is -5.16. The number of nitrogens with zero attached hydrogens (tertiary/aromatic N) is 1. The van der Waals surface area contributed by atoms with Gasteiger partial charge in [0.15, 0.2) is 0 Å². The molecule has 88 heavy (non-hydrogen) atoms. The van der Waals surface area contributed by atoms with Crippen molar-refractivity contribution in [3.63, 3.8) is 0 Å². The van der Waals surface area contributed by atoms with Crippen molar-refractivity contribution in [1.29, 1.82) is 0 Å². The molecule has 2 heterocycles. The summed E-state index contributed by atoms with van der Waals surface area (Å²) in [5.41, 5.74) is 4.88. The average molecular weight is 1270 g/mol. The van der Waals surface area contributed by atoms with Gasteiger partial charge in [-0.25, -0.2) is 0 Å². The maximum Gasteiger partial charge on any atom is 0.416 e. The van der Waals surface area contributed by atoms with E-state index >= 15 is 0 Å². The average Bonchev–Trinajstić information content (AvgIpc) is 4.00. The fourth-order valence-electron chi connectivity index (χ4n) is 10.0. The molecule has 1 saturated heterocycles. The number of rotatable bonds is 27. The molecule has 1 aliphatic rings. The molecule has 0 bridgehead atoms. The van der Waals surface area contributed by atoms with E-state index in [1.54, 1.807) is 86.8 Å². The molecule has 0 saturated carbocycles. The highest BCUT2D eigenvalue weighted by molar-refractivity contribution is 7.82. The molecule has 19 nitrogen and oxygen atoms in total. The van der Waals surface area contributed by atoms with Crippen LogP contribution in [0.25, 0.3) is 10.9 Å². The van der Waals surface area contributed by atoms with E-state index < -0.39 is 141 Å². The van der Waals surface area contributed by atoms with Crippen LogP contribution in [0, 0.1) is 0 Å². The van der Waals surface area contributed by atoms with Gasteiger partial charge in [0, 0.05) is 52.5 Å². The number of H-pyrrole nitrogens is 1. The molecule has 476 valence electrons. The molecule has 5 aromatic rings. The van der Waals surface area contributed by atoms with Gasteiger partial charge in [-0.05, 0) is 112 Å². The second-order valence-corrected chi connectivity index (χ2v) is 25.2. The van der Waals surface area contributed by atoms with Crippen molar-refractivity contribution in [2.24, 2.45) is 5.73 Å². The minimum absolute atomic E-state index is 0.0254. The Morgan fingerprint density at radius 3 is 1.84 bits per heavy atom. The molecule has 0 radical (unpaired) electrons. The summed E-state index contributed by atoms with van der Waals surface area (Å²) in [6, 6.07) is 13.3. The molecule has 1 fully saturated rings. The van der Waals surface area contributed by atoms with Crippen molar-refractivity contribution >= 4 is 83.4 Å². The van der Waals surface area contributed by atoms with Gasteiger partial charge in [-0.2, -0.15) is 51.6 Å². The predicted molar refractivity (Wildman–Crippen MR) is 323 cm³/mol. The number of hydrogen-bond donors (Lipinski definition) is 12. The number of halogens is 6. The molecular formula is C61H74F6N10O9S2. The number of nitrogens with one attached hydrogen (secondary N) is 8. The van der Waals surface area contributed by atoms with E-state index in [4.69, 9.17) is 5.73 Å². The fraction of sp³-hybridized carbons (Fsp3) is 0.443. The molecule has 0 spiro atoms. The van der Waals surface area contributed by atoms with Crippen LogP contribution in [-0.2, 0) is 76.5 Å². The van der Waals surface area contributed by atoms with Crippen molar-refractivity contribution in [3.8, 4) is 5.75 Å². The monoisotopic (exact) mass is 1270 g/mol. The summed E-state index contributed by atoms with van der Waals surface area (Å²) in [4.78, 5) is 117. The number of aromatic nitrogens is 1. The number of amides is 8. The summed E-state index contributed by atoms with van der Waals surface area (Å²) < 4.78 is 80.0. The largest absolute Gasteiger partial charge is 0.508 e. The van der Waals surface area contributed by atoms with E-state index in [9.17, 15) is 69.8 Å². The molecule has 0 unspecified atom stereocenters. The highest BCUT2D eigenvalue weighted by atomic mass is 32.1. The van der Waals surface area contributed by atoms with E-state index in [0.717, 1.165) is 0 Å². The number of carbonyl (C=O) groups is 8. The number of unbranched alkanes of at least 4 members (excludes halogenated alkanes) is 1. The van der Waals surface area contributed by atoms with Gasteiger partial charge in [0.2, 0.25) is 47.3 Å². The van der Waals surface area contributed by atoms with Gasteiger partial charge in [0.25, 0.3) is 0 Å². The normalized spacial score (nSPS) is 15.8. The number of aromatic hydroxyl groups is 1. The van der Waals surface area contributed by atoms with E-state index in [1.165, 1.54) is 30.9 Å². The van der Waals surface area contributed by atoms with E-state index in [2.05, 4.69) is 67.5 Å². The summed E-state index contributed by atoms with van der Waals surface area (Å²) in [6.45, 7) is 6.58. The highest BCUT2D eigenvalue weighted by Gasteiger charge is 2.43. The third-order valence-electron chi connectivity index (χ3n) is 14.7. The van der Waals surface area contributed by atoms with Crippen molar-refractivity contribution in [1.82, 2.24) is 47.1 Å². The SMILES string of the molecule is CCCC[C@H](NC(=O)[C@H](Cc1ccccc1)NC(=O)CNC(=O)[C@H](NC(=O)[C@@H](N)Cc1ccc(O)cc1)C(C)(C)S)C(=O)N1CCC[C@H]1C(=O)N[C@H](C(=O)N[C@@H](Cc1c[nH]c2ccccc12)C(=O)NCc1cc(C(F)(F)F)cc(C(F)(F)F)c1)C(C)(C)S. The van der Waals surface area contributed by atoms with E-state index in [-0.39, 0.29) is 50.5 Å². The Morgan fingerprint density at radius 1 is 0.648 bits per heavy atom. The summed E-state index contributed by atoms with van der Waals surface area (Å²) in [7, 11) is 0. The van der Waals surface area contributed by atoms with Crippen LogP contribution in [-0.4, -0.2) is 127 Å². The van der Waals surface area contributed by atoms with Crippen LogP contribution in [0.4, 0.5) is 26.3 Å². The molecule has 1 aliphatic heterocycles.